The van der Waals surface area contributed by atoms with E-state index < -0.39 is 0 Å². The van der Waals surface area contributed by atoms with E-state index in [4.69, 9.17) is 4.74 Å². The van der Waals surface area contributed by atoms with Crippen LogP contribution < -0.4 is 5.32 Å². The molecule has 2 amide bonds. The SMILES string of the molecule is CC(=O)NCCC1CCOC2(CCN(C(=O)Cc3ccccc3C)CC2)C1. The van der Waals surface area contributed by atoms with E-state index in [-0.39, 0.29) is 17.4 Å². The molecule has 1 aromatic rings. The Labute approximate surface area is 162 Å². The summed E-state index contributed by atoms with van der Waals surface area (Å²) >= 11 is 0. The molecule has 3 rings (SSSR count). The number of hydrogen-bond donors (Lipinski definition) is 1. The Balaban J connectivity index is 1.49. The molecule has 148 valence electrons. The maximum Gasteiger partial charge on any atom is 0.227 e. The molecular weight excluding hydrogens is 340 g/mol. The van der Waals surface area contributed by atoms with Crippen LogP contribution >= 0.6 is 0 Å². The lowest BCUT2D eigenvalue weighted by Crippen LogP contribution is -2.51. The highest BCUT2D eigenvalue weighted by Gasteiger charge is 2.40. The van der Waals surface area contributed by atoms with Crippen molar-refractivity contribution in [3.8, 4) is 0 Å². The zero-order valence-corrected chi connectivity index (χ0v) is 16.6. The lowest BCUT2D eigenvalue weighted by atomic mass is 9.78. The van der Waals surface area contributed by atoms with Gasteiger partial charge in [0.25, 0.3) is 0 Å². The second-order valence-electron chi connectivity index (χ2n) is 8.15. The molecule has 5 heteroatoms. The zero-order chi connectivity index (χ0) is 19.3. The molecule has 0 aliphatic carbocycles. The molecule has 0 saturated carbocycles. The smallest absolute Gasteiger partial charge is 0.227 e. The van der Waals surface area contributed by atoms with Gasteiger partial charge in [-0.15, -0.1) is 0 Å². The van der Waals surface area contributed by atoms with Crippen LogP contribution in [0.25, 0.3) is 0 Å². The van der Waals surface area contributed by atoms with Crippen LogP contribution in [0.4, 0.5) is 0 Å². The number of nitrogens with zero attached hydrogens (tertiary/aromatic N) is 1. The first-order valence-corrected chi connectivity index (χ1v) is 10.2. The third kappa shape index (κ3) is 5.32. The highest BCUT2D eigenvalue weighted by atomic mass is 16.5. The summed E-state index contributed by atoms with van der Waals surface area (Å²) in [5, 5.41) is 2.90. The van der Waals surface area contributed by atoms with Gasteiger partial charge < -0.3 is 15.0 Å². The van der Waals surface area contributed by atoms with Gasteiger partial charge in [0.15, 0.2) is 0 Å². The van der Waals surface area contributed by atoms with E-state index in [0.717, 1.165) is 63.9 Å². The number of carbonyl (C=O) groups is 2. The summed E-state index contributed by atoms with van der Waals surface area (Å²) in [6.07, 6.45) is 5.45. The van der Waals surface area contributed by atoms with Gasteiger partial charge in [0.2, 0.25) is 11.8 Å². The van der Waals surface area contributed by atoms with Crippen LogP contribution in [0.5, 0.6) is 0 Å². The van der Waals surface area contributed by atoms with Gasteiger partial charge in [0.1, 0.15) is 0 Å². The first-order chi connectivity index (χ1) is 13.0. The van der Waals surface area contributed by atoms with Gasteiger partial charge >= 0.3 is 0 Å². The Morgan fingerprint density at radius 3 is 2.70 bits per heavy atom. The highest BCUT2D eigenvalue weighted by molar-refractivity contribution is 5.79. The van der Waals surface area contributed by atoms with Crippen LogP contribution in [-0.2, 0) is 20.7 Å². The van der Waals surface area contributed by atoms with Crippen molar-refractivity contribution >= 4 is 11.8 Å². The molecule has 27 heavy (non-hydrogen) atoms. The molecule has 5 nitrogen and oxygen atoms in total. The van der Waals surface area contributed by atoms with Gasteiger partial charge in [0.05, 0.1) is 12.0 Å². The molecule has 1 spiro atoms. The fourth-order valence-corrected chi connectivity index (χ4v) is 4.42. The lowest BCUT2D eigenvalue weighted by molar-refractivity contribution is -0.146. The van der Waals surface area contributed by atoms with E-state index in [1.165, 1.54) is 5.56 Å². The Morgan fingerprint density at radius 1 is 1.26 bits per heavy atom. The molecule has 1 atom stereocenters. The summed E-state index contributed by atoms with van der Waals surface area (Å²) in [7, 11) is 0. The number of carbonyl (C=O) groups excluding carboxylic acids is 2. The summed E-state index contributed by atoms with van der Waals surface area (Å²) in [5.74, 6) is 0.856. The second-order valence-corrected chi connectivity index (χ2v) is 8.15. The van der Waals surface area contributed by atoms with Crippen LogP contribution in [0, 0.1) is 12.8 Å². The van der Waals surface area contributed by atoms with Crippen LogP contribution in [0.2, 0.25) is 0 Å². The molecule has 1 aromatic carbocycles. The first kappa shape index (κ1) is 19.9. The molecule has 0 bridgehead atoms. The van der Waals surface area contributed by atoms with Crippen LogP contribution in [0.3, 0.4) is 0 Å². The second kappa shape index (κ2) is 8.87. The zero-order valence-electron chi connectivity index (χ0n) is 16.6. The first-order valence-electron chi connectivity index (χ1n) is 10.2. The van der Waals surface area contributed by atoms with Crippen LogP contribution in [0.15, 0.2) is 24.3 Å². The molecule has 2 aliphatic heterocycles. The average Bonchev–Trinajstić information content (AvgIpc) is 2.64. The molecule has 1 N–H and O–H groups in total. The van der Waals surface area contributed by atoms with E-state index in [1.54, 1.807) is 6.92 Å². The van der Waals surface area contributed by atoms with Crippen molar-refractivity contribution in [2.24, 2.45) is 5.92 Å². The molecular formula is C22H32N2O3. The van der Waals surface area contributed by atoms with E-state index in [9.17, 15) is 9.59 Å². The monoisotopic (exact) mass is 372 g/mol. The molecule has 2 aliphatic rings. The predicted molar refractivity (Wildman–Crippen MR) is 105 cm³/mol. The van der Waals surface area contributed by atoms with Gasteiger partial charge in [0, 0.05) is 33.2 Å². The third-order valence-corrected chi connectivity index (χ3v) is 6.15. The summed E-state index contributed by atoms with van der Waals surface area (Å²) in [6, 6.07) is 8.11. The molecule has 2 saturated heterocycles. The third-order valence-electron chi connectivity index (χ3n) is 6.15. The number of hydrogen-bond acceptors (Lipinski definition) is 3. The predicted octanol–water partition coefficient (Wildman–Crippen LogP) is 2.85. The van der Waals surface area contributed by atoms with E-state index >= 15 is 0 Å². The van der Waals surface area contributed by atoms with Gasteiger partial charge in [-0.25, -0.2) is 0 Å². The Bertz CT molecular complexity index is 665. The maximum atomic E-state index is 12.7. The number of amides is 2. The highest BCUT2D eigenvalue weighted by Crippen LogP contribution is 2.38. The van der Waals surface area contributed by atoms with Crippen molar-refractivity contribution in [1.29, 1.82) is 0 Å². The normalized spacial score (nSPS) is 21.9. The fourth-order valence-electron chi connectivity index (χ4n) is 4.42. The minimum atomic E-state index is -0.0708. The van der Waals surface area contributed by atoms with Crippen molar-refractivity contribution in [2.45, 2.75) is 58.0 Å². The van der Waals surface area contributed by atoms with Crippen molar-refractivity contribution in [1.82, 2.24) is 10.2 Å². The minimum absolute atomic E-state index is 0.0391. The number of benzene rings is 1. The Hall–Kier alpha value is -1.88. The maximum absolute atomic E-state index is 12.7. The van der Waals surface area contributed by atoms with E-state index in [2.05, 4.69) is 18.3 Å². The van der Waals surface area contributed by atoms with Gasteiger partial charge in [-0.1, -0.05) is 24.3 Å². The molecule has 2 fully saturated rings. The minimum Gasteiger partial charge on any atom is -0.375 e. The van der Waals surface area contributed by atoms with Crippen LogP contribution in [0.1, 0.15) is 50.2 Å². The number of piperidine rings is 1. The largest absolute Gasteiger partial charge is 0.375 e. The standard InChI is InChI=1S/C22H32N2O3/c1-17-5-3-4-6-20(17)15-21(26)24-12-9-22(10-13-24)16-19(8-14-27-22)7-11-23-18(2)25/h3-6,19H,7-16H2,1-2H3,(H,23,25). The fraction of sp³-hybridized carbons (Fsp3) is 0.636. The van der Waals surface area contributed by atoms with Gasteiger partial charge in [-0.3, -0.25) is 9.59 Å². The van der Waals surface area contributed by atoms with Crippen molar-refractivity contribution in [2.75, 3.05) is 26.2 Å². The van der Waals surface area contributed by atoms with Crippen molar-refractivity contribution in [3.05, 3.63) is 35.4 Å². The summed E-state index contributed by atoms with van der Waals surface area (Å²) in [5.41, 5.74) is 2.23. The van der Waals surface area contributed by atoms with Crippen LogP contribution in [-0.4, -0.2) is 48.6 Å². The number of aryl methyl sites for hydroxylation is 1. The number of rotatable bonds is 5. The molecule has 0 radical (unpaired) electrons. The number of nitrogens with one attached hydrogen (secondary N) is 1. The quantitative estimate of drug-likeness (QED) is 0.865. The van der Waals surface area contributed by atoms with E-state index in [1.807, 2.05) is 23.1 Å². The topological polar surface area (TPSA) is 58.6 Å². The van der Waals surface area contributed by atoms with Gasteiger partial charge in [-0.05, 0) is 56.1 Å². The van der Waals surface area contributed by atoms with E-state index in [0.29, 0.717) is 12.3 Å². The Morgan fingerprint density at radius 2 is 2.00 bits per heavy atom. The van der Waals surface area contributed by atoms with Gasteiger partial charge in [-0.2, -0.15) is 0 Å². The molecule has 1 unspecified atom stereocenters. The lowest BCUT2D eigenvalue weighted by Gasteiger charge is -2.46. The average molecular weight is 373 g/mol. The molecule has 2 heterocycles. The van der Waals surface area contributed by atoms with Crippen molar-refractivity contribution in [3.63, 3.8) is 0 Å². The number of ether oxygens (including phenoxy) is 1. The summed E-state index contributed by atoms with van der Waals surface area (Å²) < 4.78 is 6.20. The summed E-state index contributed by atoms with van der Waals surface area (Å²) in [4.78, 5) is 25.8. The van der Waals surface area contributed by atoms with Crippen molar-refractivity contribution < 1.29 is 14.3 Å². The Kier molecular flexibility index (Phi) is 6.53. The summed E-state index contributed by atoms with van der Waals surface area (Å²) in [6.45, 7) is 6.73. The molecule has 0 aromatic heterocycles. The number of likely N-dealkylation sites (tertiary alicyclic amines) is 1.